The van der Waals surface area contributed by atoms with Gasteiger partial charge in [-0.25, -0.2) is 0 Å². The van der Waals surface area contributed by atoms with Gasteiger partial charge in [0.15, 0.2) is 0 Å². The number of nitrogens with two attached hydrogens (primary N) is 2. The Hall–Kier alpha value is -1.22. The monoisotopic (exact) mass is 342 g/mol. The Morgan fingerprint density at radius 3 is 1.38 bits per heavy atom. The first kappa shape index (κ1) is 20.8. The van der Waals surface area contributed by atoms with E-state index in [0.29, 0.717) is 0 Å². The maximum absolute atomic E-state index is 11.3. The molecule has 1 aliphatic rings. The SMILES string of the molecule is CN1CCCN(CC(N)=O)CCN(CC(N)=O)CCCN(C)CC1. The first-order valence-electron chi connectivity index (χ1n) is 8.75. The lowest BCUT2D eigenvalue weighted by Gasteiger charge is -2.29. The number of likely N-dealkylation sites (N-methyl/N-ethyl adjacent to an activating group) is 2. The van der Waals surface area contributed by atoms with Gasteiger partial charge in [-0.2, -0.15) is 0 Å². The minimum atomic E-state index is -0.312. The van der Waals surface area contributed by atoms with Gasteiger partial charge in [0.2, 0.25) is 11.8 Å². The van der Waals surface area contributed by atoms with Crippen molar-refractivity contribution in [2.24, 2.45) is 11.5 Å². The summed E-state index contributed by atoms with van der Waals surface area (Å²) in [6.07, 6.45) is 1.98. The van der Waals surface area contributed by atoms with Crippen LogP contribution in [-0.2, 0) is 9.59 Å². The van der Waals surface area contributed by atoms with Crippen LogP contribution >= 0.6 is 0 Å². The fraction of sp³-hybridized carbons (Fsp3) is 0.875. The van der Waals surface area contributed by atoms with E-state index in [1.807, 2.05) is 0 Å². The highest BCUT2D eigenvalue weighted by atomic mass is 16.1. The highest BCUT2D eigenvalue weighted by molar-refractivity contribution is 5.76. The summed E-state index contributed by atoms with van der Waals surface area (Å²) < 4.78 is 0. The minimum Gasteiger partial charge on any atom is -0.369 e. The second kappa shape index (κ2) is 11.4. The molecule has 1 fully saturated rings. The van der Waals surface area contributed by atoms with Crippen molar-refractivity contribution < 1.29 is 9.59 Å². The summed E-state index contributed by atoms with van der Waals surface area (Å²) in [7, 11) is 4.26. The summed E-state index contributed by atoms with van der Waals surface area (Å²) in [5.74, 6) is -0.625. The van der Waals surface area contributed by atoms with Crippen molar-refractivity contribution in [1.29, 1.82) is 0 Å². The van der Waals surface area contributed by atoms with E-state index in [-0.39, 0.29) is 24.9 Å². The lowest BCUT2D eigenvalue weighted by atomic mass is 10.3. The molecule has 0 unspecified atom stereocenters. The largest absolute Gasteiger partial charge is 0.369 e. The predicted molar refractivity (Wildman–Crippen MR) is 95.5 cm³/mol. The van der Waals surface area contributed by atoms with Crippen molar-refractivity contribution in [3.63, 3.8) is 0 Å². The topological polar surface area (TPSA) is 99.1 Å². The van der Waals surface area contributed by atoms with Gasteiger partial charge in [-0.15, -0.1) is 0 Å². The molecule has 24 heavy (non-hydrogen) atoms. The molecule has 0 aromatic carbocycles. The zero-order chi connectivity index (χ0) is 17.9. The van der Waals surface area contributed by atoms with Crippen molar-refractivity contribution in [1.82, 2.24) is 19.6 Å². The summed E-state index contributed by atoms with van der Waals surface area (Å²) in [5, 5.41) is 0. The van der Waals surface area contributed by atoms with Gasteiger partial charge in [0, 0.05) is 26.2 Å². The van der Waals surface area contributed by atoms with E-state index in [0.717, 1.165) is 65.2 Å². The van der Waals surface area contributed by atoms with E-state index in [9.17, 15) is 9.59 Å². The molecule has 2 amide bonds. The summed E-state index contributed by atoms with van der Waals surface area (Å²) in [5.41, 5.74) is 10.7. The number of amides is 2. The Labute approximate surface area is 145 Å². The first-order chi connectivity index (χ1) is 11.4. The van der Waals surface area contributed by atoms with E-state index in [2.05, 4.69) is 33.7 Å². The standard InChI is InChI=1S/C16H34N6O2/c1-19-5-3-7-21(13-15(17)23)11-12-22(14-16(18)24)8-4-6-20(2)10-9-19/h3-14H2,1-2H3,(H2,17,23)(H2,18,24). The Morgan fingerprint density at radius 2 is 1.04 bits per heavy atom. The van der Waals surface area contributed by atoms with Crippen molar-refractivity contribution in [3.05, 3.63) is 0 Å². The van der Waals surface area contributed by atoms with Crippen LogP contribution in [0.3, 0.4) is 0 Å². The summed E-state index contributed by atoms with van der Waals surface area (Å²) in [4.78, 5) is 31.3. The Morgan fingerprint density at radius 1 is 0.667 bits per heavy atom. The molecule has 0 radical (unpaired) electrons. The second-order valence-electron chi connectivity index (χ2n) is 6.80. The molecule has 140 valence electrons. The molecule has 8 heteroatoms. The molecule has 1 rings (SSSR count). The van der Waals surface area contributed by atoms with Crippen LogP contribution in [0.1, 0.15) is 12.8 Å². The molecular formula is C16H34N6O2. The van der Waals surface area contributed by atoms with Crippen molar-refractivity contribution in [2.75, 3.05) is 79.5 Å². The van der Waals surface area contributed by atoms with E-state index < -0.39 is 0 Å². The van der Waals surface area contributed by atoms with Gasteiger partial charge in [-0.1, -0.05) is 0 Å². The van der Waals surface area contributed by atoms with Gasteiger partial charge in [-0.05, 0) is 53.1 Å². The zero-order valence-electron chi connectivity index (χ0n) is 15.2. The summed E-state index contributed by atoms with van der Waals surface area (Å²) in [6.45, 7) is 7.65. The number of hydrogen-bond donors (Lipinski definition) is 2. The summed E-state index contributed by atoms with van der Waals surface area (Å²) >= 11 is 0. The lowest BCUT2D eigenvalue weighted by Crippen LogP contribution is -2.44. The molecule has 0 spiro atoms. The molecule has 0 aliphatic carbocycles. The number of nitrogens with zero attached hydrogens (tertiary/aromatic N) is 4. The third-order valence-electron chi connectivity index (χ3n) is 4.38. The molecule has 0 aromatic heterocycles. The molecule has 0 bridgehead atoms. The van der Waals surface area contributed by atoms with Crippen molar-refractivity contribution in [2.45, 2.75) is 12.8 Å². The minimum absolute atomic E-state index is 0.261. The van der Waals surface area contributed by atoms with Gasteiger partial charge in [-0.3, -0.25) is 19.4 Å². The molecule has 4 N–H and O–H groups in total. The molecule has 0 atom stereocenters. The lowest BCUT2D eigenvalue weighted by molar-refractivity contribution is -0.120. The number of rotatable bonds is 4. The van der Waals surface area contributed by atoms with Gasteiger partial charge < -0.3 is 21.3 Å². The maximum atomic E-state index is 11.3. The molecular weight excluding hydrogens is 308 g/mol. The van der Waals surface area contributed by atoms with Crippen LogP contribution in [0.25, 0.3) is 0 Å². The van der Waals surface area contributed by atoms with Crippen LogP contribution in [0, 0.1) is 0 Å². The van der Waals surface area contributed by atoms with Gasteiger partial charge in [0.25, 0.3) is 0 Å². The van der Waals surface area contributed by atoms with Crippen molar-refractivity contribution in [3.8, 4) is 0 Å². The smallest absolute Gasteiger partial charge is 0.231 e. The van der Waals surface area contributed by atoms with Crippen LogP contribution in [0.5, 0.6) is 0 Å². The zero-order valence-corrected chi connectivity index (χ0v) is 15.2. The third kappa shape index (κ3) is 9.82. The second-order valence-corrected chi connectivity index (χ2v) is 6.80. The highest BCUT2D eigenvalue weighted by Crippen LogP contribution is 2.00. The van der Waals surface area contributed by atoms with Gasteiger partial charge >= 0.3 is 0 Å². The average molecular weight is 342 g/mol. The van der Waals surface area contributed by atoms with E-state index >= 15 is 0 Å². The molecule has 1 saturated heterocycles. The Bertz CT molecular complexity index is 357. The Balaban J connectivity index is 2.65. The first-order valence-corrected chi connectivity index (χ1v) is 8.75. The maximum Gasteiger partial charge on any atom is 0.231 e. The normalized spacial score (nSPS) is 22.1. The fourth-order valence-corrected chi connectivity index (χ4v) is 2.96. The Kier molecular flexibility index (Phi) is 9.85. The highest BCUT2D eigenvalue weighted by Gasteiger charge is 2.14. The van der Waals surface area contributed by atoms with Crippen LogP contribution in [0.15, 0.2) is 0 Å². The number of hydrogen-bond acceptors (Lipinski definition) is 6. The average Bonchev–Trinajstić information content (AvgIpc) is 2.48. The molecule has 1 aliphatic heterocycles. The van der Waals surface area contributed by atoms with E-state index in [1.165, 1.54) is 0 Å². The summed E-state index contributed by atoms with van der Waals surface area (Å²) in [6, 6.07) is 0. The van der Waals surface area contributed by atoms with Crippen LogP contribution in [-0.4, -0.2) is 111 Å². The molecule has 1 heterocycles. The fourth-order valence-electron chi connectivity index (χ4n) is 2.96. The molecule has 0 saturated carbocycles. The van der Waals surface area contributed by atoms with E-state index in [1.54, 1.807) is 0 Å². The quantitative estimate of drug-likeness (QED) is 0.627. The number of primary amides is 2. The molecule has 0 aromatic rings. The third-order valence-corrected chi connectivity index (χ3v) is 4.38. The number of carbonyl (C=O) groups is 2. The predicted octanol–water partition coefficient (Wildman–Crippen LogP) is -1.78. The van der Waals surface area contributed by atoms with Crippen LogP contribution in [0.2, 0.25) is 0 Å². The van der Waals surface area contributed by atoms with Crippen molar-refractivity contribution >= 4 is 11.8 Å². The van der Waals surface area contributed by atoms with Crippen LogP contribution in [0.4, 0.5) is 0 Å². The van der Waals surface area contributed by atoms with E-state index in [4.69, 9.17) is 11.5 Å². The van der Waals surface area contributed by atoms with Gasteiger partial charge in [0.1, 0.15) is 0 Å². The van der Waals surface area contributed by atoms with Gasteiger partial charge in [0.05, 0.1) is 13.1 Å². The molecule has 8 nitrogen and oxygen atoms in total. The van der Waals surface area contributed by atoms with Crippen LogP contribution < -0.4 is 11.5 Å². The number of carbonyl (C=O) groups excluding carboxylic acids is 2.